The summed E-state index contributed by atoms with van der Waals surface area (Å²) in [6.45, 7) is 0. The molecular weight excluding hydrogens is 252 g/mol. The van der Waals surface area contributed by atoms with E-state index in [2.05, 4.69) is 20.6 Å². The fourth-order valence-electron chi connectivity index (χ4n) is 1.86. The Hall–Kier alpha value is -2.43. The van der Waals surface area contributed by atoms with Crippen molar-refractivity contribution in [2.45, 2.75) is 25.3 Å². The van der Waals surface area contributed by atoms with E-state index in [1.54, 1.807) is 12.4 Å². The Kier molecular flexibility index (Phi) is 3.58. The van der Waals surface area contributed by atoms with Gasteiger partial charge in [0.2, 0.25) is 5.91 Å². The van der Waals surface area contributed by atoms with Gasteiger partial charge in [-0.2, -0.15) is 0 Å². The summed E-state index contributed by atoms with van der Waals surface area (Å²) < 4.78 is 0. The molecule has 2 aromatic heterocycles. The first-order valence-electron chi connectivity index (χ1n) is 6.72. The van der Waals surface area contributed by atoms with Crippen LogP contribution in [0.2, 0.25) is 0 Å². The molecule has 1 fully saturated rings. The van der Waals surface area contributed by atoms with Gasteiger partial charge in [-0.3, -0.25) is 9.78 Å². The molecule has 3 rings (SSSR count). The number of rotatable bonds is 5. The second-order valence-electron chi connectivity index (χ2n) is 4.90. The minimum atomic E-state index is -0.0894. The van der Waals surface area contributed by atoms with E-state index in [9.17, 15) is 4.79 Å². The number of amides is 1. The largest absolute Gasteiger partial charge is 0.367 e. The molecule has 0 radical (unpaired) electrons. The lowest BCUT2D eigenvalue weighted by Crippen LogP contribution is -2.15. The predicted molar refractivity (Wildman–Crippen MR) is 77.5 cm³/mol. The molecule has 0 spiro atoms. The van der Waals surface area contributed by atoms with Crippen LogP contribution in [0.15, 0.2) is 42.7 Å². The summed E-state index contributed by atoms with van der Waals surface area (Å²) in [6, 6.07) is 9.85. The van der Waals surface area contributed by atoms with E-state index >= 15 is 0 Å². The van der Waals surface area contributed by atoms with E-state index in [0.717, 1.165) is 11.5 Å². The van der Waals surface area contributed by atoms with Gasteiger partial charge < -0.3 is 10.6 Å². The summed E-state index contributed by atoms with van der Waals surface area (Å²) in [4.78, 5) is 20.3. The van der Waals surface area contributed by atoms with Gasteiger partial charge in [-0.25, -0.2) is 4.98 Å². The molecule has 0 saturated heterocycles. The first-order chi connectivity index (χ1) is 9.79. The van der Waals surface area contributed by atoms with E-state index < -0.39 is 0 Å². The Morgan fingerprint density at radius 1 is 1.20 bits per heavy atom. The molecule has 0 bridgehead atoms. The molecule has 1 aliphatic carbocycles. The fourth-order valence-corrected chi connectivity index (χ4v) is 1.86. The van der Waals surface area contributed by atoms with Gasteiger partial charge in [0.25, 0.3) is 0 Å². The number of hydrogen-bond acceptors (Lipinski definition) is 4. The first-order valence-corrected chi connectivity index (χ1v) is 6.72. The predicted octanol–water partition coefficient (Wildman–Crippen LogP) is 2.23. The monoisotopic (exact) mass is 268 g/mol. The van der Waals surface area contributed by atoms with Crippen LogP contribution in [0.25, 0.3) is 0 Å². The van der Waals surface area contributed by atoms with Gasteiger partial charge >= 0.3 is 0 Å². The van der Waals surface area contributed by atoms with Crippen molar-refractivity contribution in [2.75, 3.05) is 10.6 Å². The topological polar surface area (TPSA) is 66.9 Å². The molecular formula is C15H16N4O. The van der Waals surface area contributed by atoms with Gasteiger partial charge in [0, 0.05) is 17.9 Å². The van der Waals surface area contributed by atoms with E-state index in [1.165, 1.54) is 12.8 Å². The quantitative estimate of drug-likeness (QED) is 0.872. The Labute approximate surface area is 117 Å². The van der Waals surface area contributed by atoms with Crippen LogP contribution in [-0.4, -0.2) is 21.9 Å². The minimum absolute atomic E-state index is 0.0894. The van der Waals surface area contributed by atoms with Crippen LogP contribution < -0.4 is 10.6 Å². The molecule has 1 amide bonds. The number of carbonyl (C=O) groups is 1. The number of pyridine rings is 2. The van der Waals surface area contributed by atoms with Gasteiger partial charge in [-0.1, -0.05) is 6.07 Å². The van der Waals surface area contributed by atoms with E-state index in [-0.39, 0.29) is 12.3 Å². The van der Waals surface area contributed by atoms with E-state index in [1.807, 2.05) is 30.3 Å². The van der Waals surface area contributed by atoms with Crippen molar-refractivity contribution < 1.29 is 4.79 Å². The lowest BCUT2D eigenvalue weighted by Gasteiger charge is -2.07. The number of anilines is 2. The van der Waals surface area contributed by atoms with Gasteiger partial charge in [-0.05, 0) is 37.1 Å². The zero-order valence-corrected chi connectivity index (χ0v) is 11.0. The Bertz CT molecular complexity index is 579. The average Bonchev–Trinajstić information content (AvgIpc) is 3.26. The maximum atomic E-state index is 11.9. The highest BCUT2D eigenvalue weighted by Gasteiger charge is 2.21. The minimum Gasteiger partial charge on any atom is -0.367 e. The van der Waals surface area contributed by atoms with Gasteiger partial charge in [-0.15, -0.1) is 0 Å². The second kappa shape index (κ2) is 5.69. The average molecular weight is 268 g/mol. The maximum Gasteiger partial charge on any atom is 0.230 e. The molecule has 2 heterocycles. The second-order valence-corrected chi connectivity index (χ2v) is 4.90. The number of nitrogens with zero attached hydrogens (tertiary/aromatic N) is 2. The van der Waals surface area contributed by atoms with Gasteiger partial charge in [0.1, 0.15) is 5.82 Å². The molecule has 0 atom stereocenters. The highest BCUT2D eigenvalue weighted by atomic mass is 16.1. The lowest BCUT2D eigenvalue weighted by molar-refractivity contribution is -0.115. The first kappa shape index (κ1) is 12.6. The van der Waals surface area contributed by atoms with Crippen LogP contribution in [0, 0.1) is 0 Å². The van der Waals surface area contributed by atoms with Crippen molar-refractivity contribution in [1.29, 1.82) is 0 Å². The molecule has 20 heavy (non-hydrogen) atoms. The third-order valence-electron chi connectivity index (χ3n) is 3.04. The van der Waals surface area contributed by atoms with E-state index in [4.69, 9.17) is 0 Å². The van der Waals surface area contributed by atoms with Crippen molar-refractivity contribution in [3.8, 4) is 0 Å². The summed E-state index contributed by atoms with van der Waals surface area (Å²) in [5.41, 5.74) is 1.46. The Morgan fingerprint density at radius 2 is 2.10 bits per heavy atom. The molecule has 2 N–H and O–H groups in total. The number of nitrogens with one attached hydrogen (secondary N) is 2. The fraction of sp³-hybridized carbons (Fsp3) is 0.267. The normalized spacial score (nSPS) is 13.8. The highest BCUT2D eigenvalue weighted by molar-refractivity contribution is 5.91. The van der Waals surface area contributed by atoms with Crippen molar-refractivity contribution >= 4 is 17.4 Å². The van der Waals surface area contributed by atoms with Crippen LogP contribution in [-0.2, 0) is 11.2 Å². The molecule has 0 aliphatic heterocycles. The summed E-state index contributed by atoms with van der Waals surface area (Å²) in [5, 5.41) is 6.12. The van der Waals surface area contributed by atoms with Gasteiger partial charge in [0.05, 0.1) is 18.3 Å². The summed E-state index contributed by atoms with van der Waals surface area (Å²) >= 11 is 0. The third kappa shape index (κ3) is 3.54. The summed E-state index contributed by atoms with van der Waals surface area (Å²) in [5.74, 6) is 0.767. The molecule has 5 nitrogen and oxygen atoms in total. The third-order valence-corrected chi connectivity index (χ3v) is 3.04. The van der Waals surface area contributed by atoms with Crippen molar-refractivity contribution in [3.63, 3.8) is 0 Å². The van der Waals surface area contributed by atoms with Crippen LogP contribution in [0.4, 0.5) is 11.5 Å². The molecule has 1 saturated carbocycles. The van der Waals surface area contributed by atoms with Crippen LogP contribution in [0.3, 0.4) is 0 Å². The number of hydrogen-bond donors (Lipinski definition) is 2. The van der Waals surface area contributed by atoms with Crippen LogP contribution in [0.1, 0.15) is 18.5 Å². The standard InChI is InChI=1S/C15H16N4O/c20-15(9-12-3-1-2-8-16-12)19-13-6-7-14(17-10-13)18-11-4-5-11/h1-3,6-8,10-11H,4-5,9H2,(H,17,18)(H,19,20). The van der Waals surface area contributed by atoms with Crippen molar-refractivity contribution in [3.05, 3.63) is 48.4 Å². The molecule has 102 valence electrons. The summed E-state index contributed by atoms with van der Waals surface area (Å²) in [6.07, 6.45) is 6.04. The van der Waals surface area contributed by atoms with Crippen LogP contribution in [0.5, 0.6) is 0 Å². The SMILES string of the molecule is O=C(Cc1ccccn1)Nc1ccc(NC2CC2)nc1. The maximum absolute atomic E-state index is 11.9. The molecule has 5 heteroatoms. The number of aromatic nitrogens is 2. The van der Waals surface area contributed by atoms with Crippen LogP contribution >= 0.6 is 0 Å². The lowest BCUT2D eigenvalue weighted by atomic mass is 10.2. The van der Waals surface area contributed by atoms with Gasteiger partial charge in [0.15, 0.2) is 0 Å². The zero-order valence-electron chi connectivity index (χ0n) is 11.0. The van der Waals surface area contributed by atoms with Crippen molar-refractivity contribution in [2.24, 2.45) is 0 Å². The van der Waals surface area contributed by atoms with E-state index in [0.29, 0.717) is 11.7 Å². The van der Waals surface area contributed by atoms with Crippen molar-refractivity contribution in [1.82, 2.24) is 9.97 Å². The molecule has 0 unspecified atom stereocenters. The molecule has 1 aliphatic rings. The Morgan fingerprint density at radius 3 is 2.75 bits per heavy atom. The number of carbonyl (C=O) groups excluding carboxylic acids is 1. The molecule has 0 aromatic carbocycles. The Balaban J connectivity index is 1.55. The smallest absolute Gasteiger partial charge is 0.230 e. The highest BCUT2D eigenvalue weighted by Crippen LogP contribution is 2.23. The zero-order chi connectivity index (χ0) is 13.8. The summed E-state index contributed by atoms with van der Waals surface area (Å²) in [7, 11) is 0. The molecule has 2 aromatic rings.